The number of fused-ring (bicyclic) bond motifs is 1. The van der Waals surface area contributed by atoms with Crippen molar-refractivity contribution in [2.24, 2.45) is 0 Å². The normalized spacial score (nSPS) is 12.6. The number of likely N-dealkylation sites (N-methyl/N-ethyl adjacent to an activating group) is 2. The molecule has 4 aromatic rings. The lowest BCUT2D eigenvalue weighted by molar-refractivity contribution is -0.139. The van der Waals surface area contributed by atoms with Crippen molar-refractivity contribution in [2.45, 2.75) is 44.8 Å². The lowest BCUT2D eigenvalue weighted by atomic mass is 10.0. The van der Waals surface area contributed by atoms with Gasteiger partial charge in [-0.05, 0) is 47.7 Å². The van der Waals surface area contributed by atoms with Crippen molar-refractivity contribution in [3.05, 3.63) is 89.6 Å². The third-order valence-electron chi connectivity index (χ3n) is 7.70. The second-order valence-electron chi connectivity index (χ2n) is 10.7. The molecule has 10 nitrogen and oxygen atoms in total. The average molecular weight is 603 g/mol. The van der Waals surface area contributed by atoms with E-state index in [1.807, 2.05) is 84.9 Å². The highest BCUT2D eigenvalue weighted by Crippen LogP contribution is 2.38. The number of H-pyrrole nitrogens is 1. The number of aliphatic carboxylic acids is 1. The number of rotatable bonds is 16. The second kappa shape index (κ2) is 15.3. The molecule has 1 heterocycles. The summed E-state index contributed by atoms with van der Waals surface area (Å²) in [4.78, 5) is 31.1. The van der Waals surface area contributed by atoms with Crippen LogP contribution < -0.4 is 19.6 Å². The summed E-state index contributed by atoms with van der Waals surface area (Å²) < 4.78 is 16.5. The number of aromatic nitrogens is 1. The van der Waals surface area contributed by atoms with Gasteiger partial charge in [-0.15, -0.1) is 0 Å². The van der Waals surface area contributed by atoms with Crippen molar-refractivity contribution in [3.8, 4) is 17.2 Å². The van der Waals surface area contributed by atoms with Gasteiger partial charge in [0.05, 0.1) is 27.8 Å². The van der Waals surface area contributed by atoms with Gasteiger partial charge in [0, 0.05) is 43.3 Å². The third-order valence-corrected chi connectivity index (χ3v) is 7.70. The van der Waals surface area contributed by atoms with Gasteiger partial charge < -0.3 is 29.2 Å². The number of nitrogens with one attached hydrogen (secondary N) is 2. The molecule has 0 saturated heterocycles. The first kappa shape index (κ1) is 32.4. The Labute approximate surface area is 258 Å². The van der Waals surface area contributed by atoms with Gasteiger partial charge in [-0.1, -0.05) is 55.5 Å². The number of carbonyl (C=O) groups is 2. The van der Waals surface area contributed by atoms with Gasteiger partial charge in [0.15, 0.2) is 11.5 Å². The van der Waals surface area contributed by atoms with Crippen molar-refractivity contribution < 1.29 is 28.9 Å². The van der Waals surface area contributed by atoms with Gasteiger partial charge in [0.25, 0.3) is 0 Å². The van der Waals surface area contributed by atoms with E-state index in [4.69, 9.17) is 14.2 Å². The monoisotopic (exact) mass is 602 g/mol. The molecular formula is C34H42N4O6. The Balaban J connectivity index is 1.61. The van der Waals surface area contributed by atoms with Crippen LogP contribution in [0.25, 0.3) is 10.9 Å². The van der Waals surface area contributed by atoms with E-state index in [9.17, 15) is 14.7 Å². The number of para-hydroxylation sites is 1. The molecule has 0 fully saturated rings. The Hall–Kier alpha value is -4.54. The van der Waals surface area contributed by atoms with Crippen molar-refractivity contribution in [1.29, 1.82) is 0 Å². The van der Waals surface area contributed by atoms with Gasteiger partial charge in [-0.2, -0.15) is 0 Å². The van der Waals surface area contributed by atoms with Crippen LogP contribution in [0.4, 0.5) is 0 Å². The summed E-state index contributed by atoms with van der Waals surface area (Å²) in [6.45, 7) is 2.73. The first-order valence-corrected chi connectivity index (χ1v) is 14.6. The smallest absolute Gasteiger partial charge is 0.304 e. The quantitative estimate of drug-likeness (QED) is 0.159. The molecule has 0 spiro atoms. The summed E-state index contributed by atoms with van der Waals surface area (Å²) in [5.74, 6) is 0.473. The first-order chi connectivity index (χ1) is 21.3. The van der Waals surface area contributed by atoms with Crippen molar-refractivity contribution in [1.82, 2.24) is 20.3 Å². The number of carbonyl (C=O) groups excluding carboxylic acids is 1. The standard InChI is InChI=1S/C34H42N4O6/c1-6-38(36-26(20-32(39)40)19-25-21-35-28-15-11-10-14-27(25)28)29(16-23-12-8-7-9-13-23)34(41)37(2)22-24-17-30(42-3)33(44-5)31(18-24)43-4/h7-15,17-18,21,26,29,35-36H,6,16,19-20,22H2,1-5H3,(H,39,40)/t26-,29?/m0/s1. The maximum Gasteiger partial charge on any atom is 0.304 e. The topological polar surface area (TPSA) is 116 Å². The number of nitrogens with zero attached hydrogens (tertiary/aromatic N) is 2. The van der Waals surface area contributed by atoms with Crippen LogP contribution >= 0.6 is 0 Å². The van der Waals surface area contributed by atoms with E-state index in [1.165, 1.54) is 0 Å². The molecule has 0 radical (unpaired) electrons. The molecule has 0 aliphatic heterocycles. The van der Waals surface area contributed by atoms with Crippen molar-refractivity contribution in [2.75, 3.05) is 34.9 Å². The Morgan fingerprint density at radius 1 is 0.909 bits per heavy atom. The zero-order valence-corrected chi connectivity index (χ0v) is 26.0. The molecule has 0 aliphatic rings. The molecule has 1 unspecified atom stereocenters. The highest BCUT2D eigenvalue weighted by atomic mass is 16.5. The fraction of sp³-hybridized carbons (Fsp3) is 0.353. The summed E-state index contributed by atoms with van der Waals surface area (Å²) >= 11 is 0. The summed E-state index contributed by atoms with van der Waals surface area (Å²) in [7, 11) is 6.42. The number of aromatic amines is 1. The van der Waals surface area contributed by atoms with Crippen molar-refractivity contribution >= 4 is 22.8 Å². The van der Waals surface area contributed by atoms with Gasteiger partial charge >= 0.3 is 5.97 Å². The van der Waals surface area contributed by atoms with Gasteiger partial charge in [-0.3, -0.25) is 15.0 Å². The molecule has 2 atom stereocenters. The van der Waals surface area contributed by atoms with Crippen LogP contribution in [0.15, 0.2) is 72.9 Å². The largest absolute Gasteiger partial charge is 0.493 e. The van der Waals surface area contributed by atoms with E-state index in [2.05, 4.69) is 10.4 Å². The minimum absolute atomic E-state index is 0.108. The molecule has 0 aliphatic carbocycles. The van der Waals surface area contributed by atoms with Crippen LogP contribution in [-0.4, -0.2) is 78.9 Å². The zero-order chi connectivity index (χ0) is 31.6. The van der Waals surface area contributed by atoms with E-state index in [-0.39, 0.29) is 12.3 Å². The molecule has 4 rings (SSSR count). The van der Waals surface area contributed by atoms with E-state index in [0.29, 0.717) is 43.2 Å². The molecule has 10 heteroatoms. The molecule has 234 valence electrons. The minimum atomic E-state index is -0.913. The Morgan fingerprint density at radius 3 is 2.18 bits per heavy atom. The van der Waals surface area contributed by atoms with Crippen LogP contribution in [0, 0.1) is 0 Å². The third kappa shape index (κ3) is 7.89. The summed E-state index contributed by atoms with van der Waals surface area (Å²) in [6.07, 6.45) is 2.73. The number of ether oxygens (including phenoxy) is 3. The number of carboxylic acid groups (broad SMARTS) is 1. The summed E-state index contributed by atoms with van der Waals surface area (Å²) in [6, 6.07) is 20.4. The molecule has 1 amide bonds. The number of benzene rings is 3. The summed E-state index contributed by atoms with van der Waals surface area (Å²) in [5.41, 5.74) is 7.27. The van der Waals surface area contributed by atoms with Crippen LogP contribution in [0.1, 0.15) is 30.0 Å². The average Bonchev–Trinajstić information content (AvgIpc) is 3.44. The fourth-order valence-electron chi connectivity index (χ4n) is 5.58. The predicted molar refractivity (Wildman–Crippen MR) is 170 cm³/mol. The number of amides is 1. The Kier molecular flexibility index (Phi) is 11.2. The van der Waals surface area contributed by atoms with Gasteiger partial charge in [-0.25, -0.2) is 5.01 Å². The molecule has 0 bridgehead atoms. The van der Waals surface area contributed by atoms with E-state index >= 15 is 0 Å². The molecule has 44 heavy (non-hydrogen) atoms. The fourth-order valence-corrected chi connectivity index (χ4v) is 5.58. The first-order valence-electron chi connectivity index (χ1n) is 14.6. The molecule has 0 saturated carbocycles. The van der Waals surface area contributed by atoms with E-state index in [1.54, 1.807) is 33.3 Å². The predicted octanol–water partition coefficient (Wildman–Crippen LogP) is 4.68. The maximum absolute atomic E-state index is 14.2. The van der Waals surface area contributed by atoms with Crippen LogP contribution in [-0.2, 0) is 29.0 Å². The minimum Gasteiger partial charge on any atom is -0.493 e. The molecular weight excluding hydrogens is 560 g/mol. The number of hydrogen-bond donors (Lipinski definition) is 3. The van der Waals surface area contributed by atoms with Crippen LogP contribution in [0.3, 0.4) is 0 Å². The SMILES string of the molecule is CCN(N[C@H](CC(=O)O)Cc1c[nH]c2ccccc12)C(Cc1ccccc1)C(=O)N(C)Cc1cc(OC)c(OC)c(OC)c1. The zero-order valence-electron chi connectivity index (χ0n) is 26.0. The number of methoxy groups -OCH3 is 3. The lowest BCUT2D eigenvalue weighted by Gasteiger charge is -2.36. The highest BCUT2D eigenvalue weighted by Gasteiger charge is 2.31. The number of carboxylic acids is 1. The molecule has 3 aromatic carbocycles. The van der Waals surface area contributed by atoms with Crippen molar-refractivity contribution in [3.63, 3.8) is 0 Å². The number of hydrazine groups is 1. The lowest BCUT2D eigenvalue weighted by Crippen LogP contribution is -2.57. The summed E-state index contributed by atoms with van der Waals surface area (Å²) in [5, 5.41) is 12.7. The van der Waals surface area contributed by atoms with Gasteiger partial charge in [0.1, 0.15) is 6.04 Å². The molecule has 1 aromatic heterocycles. The van der Waals surface area contributed by atoms with Crippen LogP contribution in [0.2, 0.25) is 0 Å². The van der Waals surface area contributed by atoms with E-state index in [0.717, 1.165) is 27.6 Å². The van der Waals surface area contributed by atoms with Gasteiger partial charge in [0.2, 0.25) is 11.7 Å². The van der Waals surface area contributed by atoms with Crippen LogP contribution in [0.5, 0.6) is 17.2 Å². The van der Waals surface area contributed by atoms with E-state index < -0.39 is 18.1 Å². The number of hydrogen-bond acceptors (Lipinski definition) is 7. The maximum atomic E-state index is 14.2. The Bertz CT molecular complexity index is 1510. The highest BCUT2D eigenvalue weighted by molar-refractivity contribution is 5.83. The second-order valence-corrected chi connectivity index (χ2v) is 10.7. The Morgan fingerprint density at radius 2 is 1.57 bits per heavy atom. The molecule has 3 N–H and O–H groups in total.